The van der Waals surface area contributed by atoms with Gasteiger partial charge in [0, 0.05) is 26.2 Å². The summed E-state index contributed by atoms with van der Waals surface area (Å²) in [5.74, 6) is -0.934. The summed E-state index contributed by atoms with van der Waals surface area (Å²) >= 11 is 0. The van der Waals surface area contributed by atoms with Crippen molar-refractivity contribution in [1.82, 2.24) is 9.80 Å². The molecular formula is C29H30N2O3. The molecule has 1 amide bonds. The summed E-state index contributed by atoms with van der Waals surface area (Å²) in [6.45, 7) is 2.29. The minimum Gasteiger partial charge on any atom is -0.467 e. The van der Waals surface area contributed by atoms with Crippen molar-refractivity contribution in [1.29, 1.82) is 0 Å². The van der Waals surface area contributed by atoms with Gasteiger partial charge in [0.25, 0.3) is 0 Å². The van der Waals surface area contributed by atoms with Gasteiger partial charge in [-0.2, -0.15) is 0 Å². The number of carbonyl (C=O) groups is 2. The predicted molar refractivity (Wildman–Crippen MR) is 134 cm³/mol. The molecule has 4 rings (SSSR count). The van der Waals surface area contributed by atoms with Crippen LogP contribution in [0.15, 0.2) is 97.1 Å². The second kappa shape index (κ2) is 11.4. The maximum atomic E-state index is 13.9. The molecule has 34 heavy (non-hydrogen) atoms. The van der Waals surface area contributed by atoms with Crippen LogP contribution in [0, 0.1) is 0 Å². The molecule has 0 aliphatic carbocycles. The zero-order valence-corrected chi connectivity index (χ0v) is 19.4. The number of ether oxygens (including phenoxy) is 1. The molecule has 1 heterocycles. The number of hydrogen-bond donors (Lipinski definition) is 0. The van der Waals surface area contributed by atoms with Crippen molar-refractivity contribution in [3.63, 3.8) is 0 Å². The van der Waals surface area contributed by atoms with Crippen LogP contribution in [-0.4, -0.2) is 61.0 Å². The summed E-state index contributed by atoms with van der Waals surface area (Å²) in [6.07, 6.45) is 4.17. The van der Waals surface area contributed by atoms with Crippen LogP contribution in [0.5, 0.6) is 0 Å². The van der Waals surface area contributed by atoms with Crippen LogP contribution >= 0.6 is 0 Å². The van der Waals surface area contributed by atoms with E-state index in [0.29, 0.717) is 26.2 Å². The summed E-state index contributed by atoms with van der Waals surface area (Å²) in [7, 11) is 1.38. The molecule has 1 saturated heterocycles. The molecule has 0 bridgehead atoms. The molecule has 174 valence electrons. The molecule has 0 spiro atoms. The van der Waals surface area contributed by atoms with Crippen LogP contribution in [0.4, 0.5) is 0 Å². The first kappa shape index (κ1) is 23.5. The normalized spacial score (nSPS) is 16.6. The zero-order chi connectivity index (χ0) is 23.8. The number of benzene rings is 3. The molecule has 1 atom stereocenters. The largest absolute Gasteiger partial charge is 0.467 e. The molecule has 0 radical (unpaired) electrons. The molecule has 0 N–H and O–H groups in total. The lowest BCUT2D eigenvalue weighted by Gasteiger charge is -2.41. The fourth-order valence-corrected chi connectivity index (χ4v) is 4.44. The van der Waals surface area contributed by atoms with E-state index in [4.69, 9.17) is 4.74 Å². The fourth-order valence-electron chi connectivity index (χ4n) is 4.44. The average molecular weight is 455 g/mol. The highest BCUT2D eigenvalue weighted by molar-refractivity contribution is 5.91. The highest BCUT2D eigenvalue weighted by atomic mass is 16.5. The number of amides is 1. The maximum absolute atomic E-state index is 13.9. The molecule has 5 heteroatoms. The van der Waals surface area contributed by atoms with Gasteiger partial charge in [-0.3, -0.25) is 9.69 Å². The number of rotatable bonds is 7. The van der Waals surface area contributed by atoms with Gasteiger partial charge < -0.3 is 9.64 Å². The smallest absolute Gasteiger partial charge is 0.329 e. The Morgan fingerprint density at radius 3 is 2.00 bits per heavy atom. The number of methoxy groups -OCH3 is 1. The summed E-state index contributed by atoms with van der Waals surface area (Å²) in [5, 5.41) is 0. The van der Waals surface area contributed by atoms with E-state index in [1.807, 2.05) is 78.9 Å². The third-order valence-electron chi connectivity index (χ3n) is 6.21. The van der Waals surface area contributed by atoms with Crippen LogP contribution in [0.3, 0.4) is 0 Å². The van der Waals surface area contributed by atoms with Crippen molar-refractivity contribution in [2.75, 3.05) is 33.3 Å². The van der Waals surface area contributed by atoms with E-state index in [1.165, 1.54) is 7.11 Å². The van der Waals surface area contributed by atoms with E-state index in [2.05, 4.69) is 29.2 Å². The van der Waals surface area contributed by atoms with Gasteiger partial charge in [0.2, 0.25) is 5.91 Å². The van der Waals surface area contributed by atoms with E-state index < -0.39 is 12.0 Å². The van der Waals surface area contributed by atoms with Crippen LogP contribution in [0.1, 0.15) is 22.6 Å². The number of piperazine rings is 1. The summed E-state index contributed by atoms with van der Waals surface area (Å²) in [5.41, 5.74) is 2.96. The Kier molecular flexibility index (Phi) is 7.89. The van der Waals surface area contributed by atoms with Gasteiger partial charge in [-0.1, -0.05) is 103 Å². The Morgan fingerprint density at radius 2 is 1.44 bits per heavy atom. The molecule has 5 nitrogen and oxygen atoms in total. The Hall–Kier alpha value is -3.70. The Morgan fingerprint density at radius 1 is 0.882 bits per heavy atom. The summed E-state index contributed by atoms with van der Waals surface area (Å²) in [4.78, 5) is 30.6. The maximum Gasteiger partial charge on any atom is 0.329 e. The molecule has 0 saturated carbocycles. The Balaban J connectivity index is 1.54. The van der Waals surface area contributed by atoms with E-state index in [-0.39, 0.29) is 11.9 Å². The minimum absolute atomic E-state index is 0.0766. The number of carbonyl (C=O) groups excluding carboxylic acids is 2. The average Bonchev–Trinajstić information content (AvgIpc) is 2.90. The van der Waals surface area contributed by atoms with Crippen molar-refractivity contribution >= 4 is 18.0 Å². The standard InChI is InChI=1S/C29H30N2O3/c1-34-29(33)26-22-30(19-11-14-23-12-5-2-6-13-23)20-21-31(26)28(32)27(24-15-7-3-8-16-24)25-17-9-4-10-18-25/h2-18,26-27H,19-22H2,1H3/b14-11+. The molecule has 1 fully saturated rings. The molecule has 3 aromatic carbocycles. The Labute approximate surface area is 201 Å². The zero-order valence-electron chi connectivity index (χ0n) is 19.4. The highest BCUT2D eigenvalue weighted by Gasteiger charge is 2.39. The van der Waals surface area contributed by atoms with Gasteiger partial charge in [-0.25, -0.2) is 4.79 Å². The molecule has 1 unspecified atom stereocenters. The lowest BCUT2D eigenvalue weighted by molar-refractivity contribution is -0.156. The number of hydrogen-bond acceptors (Lipinski definition) is 4. The summed E-state index contributed by atoms with van der Waals surface area (Å²) < 4.78 is 5.11. The van der Waals surface area contributed by atoms with E-state index in [1.54, 1.807) is 4.90 Å². The first-order chi connectivity index (χ1) is 16.7. The first-order valence-corrected chi connectivity index (χ1v) is 11.6. The first-order valence-electron chi connectivity index (χ1n) is 11.6. The third kappa shape index (κ3) is 5.61. The van der Waals surface area contributed by atoms with Gasteiger partial charge in [-0.05, 0) is 16.7 Å². The second-order valence-corrected chi connectivity index (χ2v) is 8.40. The number of esters is 1. The quantitative estimate of drug-likeness (QED) is 0.502. The molecule has 0 aromatic heterocycles. The van der Waals surface area contributed by atoms with Crippen LogP contribution in [-0.2, 0) is 14.3 Å². The van der Waals surface area contributed by atoms with Crippen molar-refractivity contribution in [2.45, 2.75) is 12.0 Å². The van der Waals surface area contributed by atoms with Gasteiger partial charge >= 0.3 is 5.97 Å². The van der Waals surface area contributed by atoms with Gasteiger partial charge in [0.15, 0.2) is 0 Å². The second-order valence-electron chi connectivity index (χ2n) is 8.40. The van der Waals surface area contributed by atoms with E-state index in [9.17, 15) is 9.59 Å². The van der Waals surface area contributed by atoms with E-state index >= 15 is 0 Å². The Bertz CT molecular complexity index is 1060. The lowest BCUT2D eigenvalue weighted by Crippen LogP contribution is -2.59. The van der Waals surface area contributed by atoms with Crippen molar-refractivity contribution in [3.8, 4) is 0 Å². The monoisotopic (exact) mass is 454 g/mol. The van der Waals surface area contributed by atoms with Crippen molar-refractivity contribution in [3.05, 3.63) is 114 Å². The SMILES string of the molecule is COC(=O)C1CN(C/C=C/c2ccccc2)CCN1C(=O)C(c1ccccc1)c1ccccc1. The minimum atomic E-state index is -0.647. The number of nitrogens with zero attached hydrogens (tertiary/aromatic N) is 2. The van der Waals surface area contributed by atoms with Gasteiger partial charge in [0.05, 0.1) is 13.0 Å². The van der Waals surface area contributed by atoms with Crippen LogP contribution in [0.2, 0.25) is 0 Å². The van der Waals surface area contributed by atoms with Crippen molar-refractivity contribution in [2.24, 2.45) is 0 Å². The molecular weight excluding hydrogens is 424 g/mol. The molecule has 1 aliphatic heterocycles. The fraction of sp³-hybridized carbons (Fsp3) is 0.241. The van der Waals surface area contributed by atoms with Crippen LogP contribution in [0.25, 0.3) is 6.08 Å². The lowest BCUT2D eigenvalue weighted by atomic mass is 9.89. The third-order valence-corrected chi connectivity index (χ3v) is 6.21. The summed E-state index contributed by atoms with van der Waals surface area (Å²) in [6, 6.07) is 29.0. The highest BCUT2D eigenvalue weighted by Crippen LogP contribution is 2.29. The van der Waals surface area contributed by atoms with Crippen molar-refractivity contribution < 1.29 is 14.3 Å². The van der Waals surface area contributed by atoms with Crippen LogP contribution < -0.4 is 0 Å². The molecule has 1 aliphatic rings. The topological polar surface area (TPSA) is 49.9 Å². The predicted octanol–water partition coefficient (Wildman–Crippen LogP) is 4.22. The van der Waals surface area contributed by atoms with E-state index in [0.717, 1.165) is 16.7 Å². The van der Waals surface area contributed by atoms with Gasteiger partial charge in [0.1, 0.15) is 6.04 Å². The van der Waals surface area contributed by atoms with Gasteiger partial charge in [-0.15, -0.1) is 0 Å². The molecule has 3 aromatic rings.